The summed E-state index contributed by atoms with van der Waals surface area (Å²) in [5, 5.41) is 15.4. The number of rotatable bonds is 4. The van der Waals surface area contributed by atoms with Crippen LogP contribution in [0, 0.1) is 11.8 Å². The number of nitrogens with one attached hydrogen (secondary N) is 1. The highest BCUT2D eigenvalue weighted by molar-refractivity contribution is 5.80. The van der Waals surface area contributed by atoms with Crippen molar-refractivity contribution in [3.63, 3.8) is 0 Å². The third-order valence-corrected chi connectivity index (χ3v) is 3.48. The average Bonchev–Trinajstić information content (AvgIpc) is 2.98. The number of carbonyl (C=O) groups excluding carboxylic acids is 1. The smallest absolute Gasteiger partial charge is 0.306 e. The van der Waals surface area contributed by atoms with Gasteiger partial charge in [-0.1, -0.05) is 0 Å². The van der Waals surface area contributed by atoms with E-state index in [0.717, 1.165) is 5.56 Å². The van der Waals surface area contributed by atoms with Gasteiger partial charge in [0.05, 0.1) is 12.1 Å². The zero-order valence-electron chi connectivity index (χ0n) is 10.3. The Labute approximate surface area is 105 Å². The maximum atomic E-state index is 12.1. The number of carbonyl (C=O) groups is 2. The summed E-state index contributed by atoms with van der Waals surface area (Å²) < 4.78 is 0. The molecule has 2 rings (SSSR count). The molecule has 1 saturated carbocycles. The topological polar surface area (TPSA) is 86.3 Å². The number of carboxylic acid groups (broad SMARTS) is 1. The van der Waals surface area contributed by atoms with Crippen LogP contribution >= 0.6 is 0 Å². The molecule has 1 heterocycles. The van der Waals surface area contributed by atoms with E-state index in [9.17, 15) is 9.59 Å². The number of amides is 1. The van der Waals surface area contributed by atoms with Crippen molar-refractivity contribution in [1.29, 1.82) is 0 Å². The molecule has 1 fully saturated rings. The minimum atomic E-state index is -0.789. The lowest BCUT2D eigenvalue weighted by molar-refractivity contribution is -0.141. The van der Waals surface area contributed by atoms with Crippen LogP contribution < -0.4 is 0 Å². The molecular formula is C12H17N3O3. The van der Waals surface area contributed by atoms with Crippen LogP contribution in [-0.2, 0) is 16.1 Å². The summed E-state index contributed by atoms with van der Waals surface area (Å²) in [6.07, 6.45) is 5.16. The third kappa shape index (κ3) is 2.69. The number of aromatic amines is 1. The second kappa shape index (κ2) is 5.20. The molecule has 0 unspecified atom stereocenters. The van der Waals surface area contributed by atoms with Crippen molar-refractivity contribution in [2.24, 2.45) is 11.8 Å². The van der Waals surface area contributed by atoms with Gasteiger partial charge >= 0.3 is 5.97 Å². The molecule has 0 bridgehead atoms. The second-order valence-electron chi connectivity index (χ2n) is 4.85. The van der Waals surface area contributed by atoms with Crippen LogP contribution in [0.25, 0.3) is 0 Å². The molecule has 0 aliphatic heterocycles. The number of aromatic nitrogens is 2. The van der Waals surface area contributed by atoms with Crippen molar-refractivity contribution < 1.29 is 14.7 Å². The fraction of sp³-hybridized carbons (Fsp3) is 0.583. The maximum absolute atomic E-state index is 12.1. The van der Waals surface area contributed by atoms with Crippen molar-refractivity contribution in [1.82, 2.24) is 15.1 Å². The lowest BCUT2D eigenvalue weighted by atomic mass is 10.0. The number of aliphatic carboxylic acids is 1. The normalized spacial score (nSPS) is 22.9. The Bertz CT molecular complexity index is 430. The average molecular weight is 251 g/mol. The van der Waals surface area contributed by atoms with Gasteiger partial charge in [0.2, 0.25) is 5.91 Å². The van der Waals surface area contributed by atoms with E-state index < -0.39 is 5.97 Å². The lowest BCUT2D eigenvalue weighted by Gasteiger charge is -2.20. The van der Waals surface area contributed by atoms with Crippen LogP contribution in [0.1, 0.15) is 24.8 Å². The Morgan fingerprint density at radius 2 is 2.22 bits per heavy atom. The highest BCUT2D eigenvalue weighted by atomic mass is 16.4. The summed E-state index contributed by atoms with van der Waals surface area (Å²) in [7, 11) is 1.74. The lowest BCUT2D eigenvalue weighted by Crippen LogP contribution is -2.31. The molecule has 2 atom stereocenters. The molecule has 6 heteroatoms. The zero-order chi connectivity index (χ0) is 13.1. The van der Waals surface area contributed by atoms with E-state index in [4.69, 9.17) is 5.11 Å². The summed E-state index contributed by atoms with van der Waals surface area (Å²) in [6, 6.07) is 0. The molecule has 2 N–H and O–H groups in total. The molecule has 1 amide bonds. The van der Waals surface area contributed by atoms with Gasteiger partial charge in [-0.2, -0.15) is 5.10 Å². The molecule has 0 spiro atoms. The van der Waals surface area contributed by atoms with Crippen molar-refractivity contribution in [3.05, 3.63) is 18.0 Å². The first-order chi connectivity index (χ1) is 8.58. The number of carboxylic acids is 1. The van der Waals surface area contributed by atoms with Crippen molar-refractivity contribution >= 4 is 11.9 Å². The van der Waals surface area contributed by atoms with E-state index in [0.29, 0.717) is 25.8 Å². The Morgan fingerprint density at radius 3 is 2.78 bits per heavy atom. The predicted molar refractivity (Wildman–Crippen MR) is 63.5 cm³/mol. The van der Waals surface area contributed by atoms with Crippen molar-refractivity contribution in [2.75, 3.05) is 7.05 Å². The van der Waals surface area contributed by atoms with Gasteiger partial charge in [-0.15, -0.1) is 0 Å². The second-order valence-corrected chi connectivity index (χ2v) is 4.85. The molecule has 0 saturated heterocycles. The molecule has 1 aliphatic carbocycles. The van der Waals surface area contributed by atoms with E-state index in [1.54, 1.807) is 24.3 Å². The molecular weight excluding hydrogens is 234 g/mol. The standard InChI is InChI=1S/C12H17N3O3/c1-15(7-8-5-13-14-6-8)11(16)9-2-3-10(4-9)12(17)18/h5-6,9-10H,2-4,7H2,1H3,(H,13,14)(H,17,18)/t9-,10+/m1/s1. The highest BCUT2D eigenvalue weighted by Crippen LogP contribution is 2.32. The van der Waals surface area contributed by atoms with Gasteiger partial charge in [-0.3, -0.25) is 14.7 Å². The van der Waals surface area contributed by atoms with Crippen LogP contribution in [0.4, 0.5) is 0 Å². The van der Waals surface area contributed by atoms with Gasteiger partial charge in [0.25, 0.3) is 0 Å². The zero-order valence-corrected chi connectivity index (χ0v) is 10.3. The van der Waals surface area contributed by atoms with Crippen LogP contribution in [0.2, 0.25) is 0 Å². The van der Waals surface area contributed by atoms with E-state index in [2.05, 4.69) is 10.2 Å². The van der Waals surface area contributed by atoms with Gasteiger partial charge in [0, 0.05) is 31.3 Å². The fourth-order valence-electron chi connectivity index (χ4n) is 2.46. The first-order valence-corrected chi connectivity index (χ1v) is 6.03. The van der Waals surface area contributed by atoms with Gasteiger partial charge < -0.3 is 10.0 Å². The Hall–Kier alpha value is -1.85. The SMILES string of the molecule is CN(Cc1cn[nH]c1)C(=O)[C@@H]1CC[C@H](C(=O)O)C1. The minimum Gasteiger partial charge on any atom is -0.481 e. The van der Waals surface area contributed by atoms with Gasteiger partial charge in [-0.25, -0.2) is 0 Å². The Morgan fingerprint density at radius 1 is 1.50 bits per heavy atom. The van der Waals surface area contributed by atoms with Crippen LogP contribution in [-0.4, -0.2) is 39.1 Å². The van der Waals surface area contributed by atoms with Gasteiger partial charge in [0.15, 0.2) is 0 Å². The first-order valence-electron chi connectivity index (χ1n) is 6.03. The fourth-order valence-corrected chi connectivity index (χ4v) is 2.46. The van der Waals surface area contributed by atoms with Crippen LogP contribution in [0.3, 0.4) is 0 Å². The van der Waals surface area contributed by atoms with Crippen LogP contribution in [0.15, 0.2) is 12.4 Å². The summed E-state index contributed by atoms with van der Waals surface area (Å²) in [4.78, 5) is 24.6. The molecule has 18 heavy (non-hydrogen) atoms. The van der Waals surface area contributed by atoms with Gasteiger partial charge in [0.1, 0.15) is 0 Å². The number of nitrogens with zero attached hydrogens (tertiary/aromatic N) is 2. The third-order valence-electron chi connectivity index (χ3n) is 3.48. The highest BCUT2D eigenvalue weighted by Gasteiger charge is 2.35. The van der Waals surface area contributed by atoms with E-state index in [-0.39, 0.29) is 17.7 Å². The summed E-state index contributed by atoms with van der Waals surface area (Å²) in [6.45, 7) is 0.504. The Balaban J connectivity index is 1.90. The van der Waals surface area contributed by atoms with Crippen molar-refractivity contribution in [3.8, 4) is 0 Å². The minimum absolute atomic E-state index is 0.0277. The predicted octanol–water partition coefficient (Wildman–Crippen LogP) is 0.869. The molecule has 0 aromatic carbocycles. The van der Waals surface area contributed by atoms with E-state index in [1.165, 1.54) is 0 Å². The number of H-pyrrole nitrogens is 1. The largest absolute Gasteiger partial charge is 0.481 e. The summed E-state index contributed by atoms with van der Waals surface area (Å²) >= 11 is 0. The molecule has 6 nitrogen and oxygen atoms in total. The molecule has 1 aliphatic rings. The monoisotopic (exact) mass is 251 g/mol. The van der Waals surface area contributed by atoms with Crippen molar-refractivity contribution in [2.45, 2.75) is 25.8 Å². The maximum Gasteiger partial charge on any atom is 0.306 e. The van der Waals surface area contributed by atoms with E-state index in [1.807, 2.05) is 0 Å². The quantitative estimate of drug-likeness (QED) is 0.831. The van der Waals surface area contributed by atoms with Crippen LogP contribution in [0.5, 0.6) is 0 Å². The van der Waals surface area contributed by atoms with E-state index >= 15 is 0 Å². The summed E-state index contributed by atoms with van der Waals surface area (Å²) in [5.74, 6) is -1.27. The number of hydrogen-bond acceptors (Lipinski definition) is 3. The molecule has 0 radical (unpaired) electrons. The Kier molecular flexibility index (Phi) is 3.64. The molecule has 1 aromatic rings. The first kappa shape index (κ1) is 12.6. The molecule has 98 valence electrons. The molecule has 1 aromatic heterocycles. The number of hydrogen-bond donors (Lipinski definition) is 2. The van der Waals surface area contributed by atoms with Gasteiger partial charge in [-0.05, 0) is 19.3 Å². The summed E-state index contributed by atoms with van der Waals surface area (Å²) in [5.41, 5.74) is 0.943.